The molecular formula is C18H28N2O3. The Hall–Kier alpha value is -1.75. The average Bonchev–Trinajstić information content (AvgIpc) is 2.60. The molecule has 2 amide bonds. The van der Waals surface area contributed by atoms with E-state index in [-0.39, 0.29) is 18.6 Å². The molecule has 1 aromatic carbocycles. The van der Waals surface area contributed by atoms with Crippen molar-refractivity contribution in [1.82, 2.24) is 10.2 Å². The summed E-state index contributed by atoms with van der Waals surface area (Å²) in [6, 6.07) is 8.04. The zero-order valence-corrected chi connectivity index (χ0v) is 14.1. The summed E-state index contributed by atoms with van der Waals surface area (Å²) in [6.07, 6.45) is 2.90. The molecule has 0 aromatic heterocycles. The Balaban J connectivity index is 1.74. The van der Waals surface area contributed by atoms with Gasteiger partial charge in [0.1, 0.15) is 5.75 Å². The molecule has 0 aliphatic carbocycles. The van der Waals surface area contributed by atoms with Crippen molar-refractivity contribution in [3.05, 3.63) is 29.8 Å². The number of aliphatic hydroxyl groups excluding tert-OH is 1. The summed E-state index contributed by atoms with van der Waals surface area (Å²) >= 11 is 0. The van der Waals surface area contributed by atoms with Crippen LogP contribution in [0.15, 0.2) is 24.3 Å². The Bertz CT molecular complexity index is 490. The SMILES string of the molecule is COc1ccc(CC(C)CNC(=O)N2CCCC(CO)C2)cc1. The van der Waals surface area contributed by atoms with Crippen LogP contribution in [0.25, 0.3) is 0 Å². The van der Waals surface area contributed by atoms with Crippen LogP contribution in [0, 0.1) is 11.8 Å². The molecule has 5 heteroatoms. The first-order chi connectivity index (χ1) is 11.1. The summed E-state index contributed by atoms with van der Waals surface area (Å²) in [5.74, 6) is 1.45. The van der Waals surface area contributed by atoms with E-state index in [1.165, 1.54) is 5.56 Å². The van der Waals surface area contributed by atoms with Gasteiger partial charge in [-0.2, -0.15) is 0 Å². The number of carbonyl (C=O) groups excluding carboxylic acids is 1. The quantitative estimate of drug-likeness (QED) is 0.845. The largest absolute Gasteiger partial charge is 0.497 e. The third-order valence-corrected chi connectivity index (χ3v) is 4.41. The number of benzene rings is 1. The first-order valence-electron chi connectivity index (χ1n) is 8.39. The highest BCUT2D eigenvalue weighted by Gasteiger charge is 2.23. The second-order valence-corrected chi connectivity index (χ2v) is 6.48. The van der Waals surface area contributed by atoms with Crippen molar-refractivity contribution in [2.75, 3.05) is 33.4 Å². The number of urea groups is 1. The van der Waals surface area contributed by atoms with Gasteiger partial charge in [0.2, 0.25) is 0 Å². The number of methoxy groups -OCH3 is 1. The van der Waals surface area contributed by atoms with Crippen molar-refractivity contribution in [1.29, 1.82) is 0 Å². The van der Waals surface area contributed by atoms with Crippen molar-refractivity contribution >= 4 is 6.03 Å². The molecule has 128 valence electrons. The molecule has 1 heterocycles. The molecule has 0 bridgehead atoms. The fourth-order valence-electron chi connectivity index (χ4n) is 3.01. The fourth-order valence-corrected chi connectivity index (χ4v) is 3.01. The van der Waals surface area contributed by atoms with E-state index in [9.17, 15) is 9.90 Å². The number of carbonyl (C=O) groups is 1. The number of piperidine rings is 1. The van der Waals surface area contributed by atoms with E-state index in [2.05, 4.69) is 24.4 Å². The van der Waals surface area contributed by atoms with Gasteiger partial charge in [-0.3, -0.25) is 0 Å². The van der Waals surface area contributed by atoms with Crippen molar-refractivity contribution in [3.8, 4) is 5.75 Å². The minimum Gasteiger partial charge on any atom is -0.497 e. The van der Waals surface area contributed by atoms with Gasteiger partial charge in [0, 0.05) is 26.2 Å². The highest BCUT2D eigenvalue weighted by Crippen LogP contribution is 2.16. The second-order valence-electron chi connectivity index (χ2n) is 6.48. The predicted octanol–water partition coefficient (Wildman–Crippen LogP) is 2.29. The van der Waals surface area contributed by atoms with Crippen LogP contribution in [0.1, 0.15) is 25.3 Å². The molecule has 1 saturated heterocycles. The zero-order valence-electron chi connectivity index (χ0n) is 14.1. The number of nitrogens with one attached hydrogen (secondary N) is 1. The highest BCUT2D eigenvalue weighted by molar-refractivity contribution is 5.74. The van der Waals surface area contributed by atoms with Crippen LogP contribution in [0.2, 0.25) is 0 Å². The van der Waals surface area contributed by atoms with Gasteiger partial charge < -0.3 is 20.1 Å². The number of likely N-dealkylation sites (tertiary alicyclic amines) is 1. The molecule has 5 nitrogen and oxygen atoms in total. The molecule has 1 aliphatic rings. The van der Waals surface area contributed by atoms with Crippen molar-refractivity contribution < 1.29 is 14.6 Å². The minimum absolute atomic E-state index is 0.00951. The zero-order chi connectivity index (χ0) is 16.7. The van der Waals surface area contributed by atoms with Crippen LogP contribution >= 0.6 is 0 Å². The Labute approximate surface area is 138 Å². The normalized spacial score (nSPS) is 19.3. The van der Waals surface area contributed by atoms with Crippen LogP contribution in [-0.2, 0) is 6.42 Å². The lowest BCUT2D eigenvalue weighted by Gasteiger charge is -2.32. The van der Waals surface area contributed by atoms with E-state index in [1.54, 1.807) is 7.11 Å². The summed E-state index contributed by atoms with van der Waals surface area (Å²) in [4.78, 5) is 14.0. The Morgan fingerprint density at radius 1 is 1.43 bits per heavy atom. The molecule has 0 spiro atoms. The van der Waals surface area contributed by atoms with Crippen molar-refractivity contribution in [2.45, 2.75) is 26.2 Å². The summed E-state index contributed by atoms with van der Waals surface area (Å²) in [7, 11) is 1.66. The summed E-state index contributed by atoms with van der Waals surface area (Å²) in [5, 5.41) is 12.3. The fraction of sp³-hybridized carbons (Fsp3) is 0.611. The average molecular weight is 320 g/mol. The standard InChI is InChI=1S/C18H28N2O3/c1-14(10-15-5-7-17(23-2)8-6-15)11-19-18(22)20-9-3-4-16(12-20)13-21/h5-8,14,16,21H,3-4,9-13H2,1-2H3,(H,19,22). The number of aliphatic hydroxyl groups is 1. The lowest BCUT2D eigenvalue weighted by Crippen LogP contribution is -2.47. The van der Waals surface area contributed by atoms with E-state index >= 15 is 0 Å². The number of rotatable bonds is 6. The number of ether oxygens (including phenoxy) is 1. The smallest absolute Gasteiger partial charge is 0.317 e. The predicted molar refractivity (Wildman–Crippen MR) is 90.6 cm³/mol. The Morgan fingerprint density at radius 2 is 2.17 bits per heavy atom. The van der Waals surface area contributed by atoms with Crippen LogP contribution in [0.5, 0.6) is 5.75 Å². The van der Waals surface area contributed by atoms with E-state index in [0.717, 1.165) is 31.6 Å². The molecule has 2 N–H and O–H groups in total. The number of amides is 2. The molecule has 2 atom stereocenters. The van der Waals surface area contributed by atoms with E-state index in [0.29, 0.717) is 19.0 Å². The van der Waals surface area contributed by atoms with Gasteiger partial charge in [-0.05, 0) is 48.8 Å². The van der Waals surface area contributed by atoms with Gasteiger partial charge >= 0.3 is 6.03 Å². The maximum Gasteiger partial charge on any atom is 0.317 e. The third-order valence-electron chi connectivity index (χ3n) is 4.41. The number of hydrogen-bond donors (Lipinski definition) is 2. The van der Waals surface area contributed by atoms with Crippen LogP contribution in [0.3, 0.4) is 0 Å². The summed E-state index contributed by atoms with van der Waals surface area (Å²) < 4.78 is 5.16. The third kappa shape index (κ3) is 5.43. The molecular weight excluding hydrogens is 292 g/mol. The van der Waals surface area contributed by atoms with Gasteiger partial charge in [0.05, 0.1) is 7.11 Å². The van der Waals surface area contributed by atoms with Gasteiger partial charge in [-0.25, -0.2) is 4.79 Å². The molecule has 1 aromatic rings. The van der Waals surface area contributed by atoms with E-state index < -0.39 is 0 Å². The van der Waals surface area contributed by atoms with Gasteiger partial charge in [-0.1, -0.05) is 19.1 Å². The lowest BCUT2D eigenvalue weighted by atomic mass is 9.99. The maximum atomic E-state index is 12.2. The molecule has 0 saturated carbocycles. The summed E-state index contributed by atoms with van der Waals surface area (Å²) in [6.45, 7) is 4.41. The van der Waals surface area contributed by atoms with Crippen LogP contribution in [0.4, 0.5) is 4.79 Å². The van der Waals surface area contributed by atoms with E-state index in [1.807, 2.05) is 17.0 Å². The second kappa shape index (κ2) is 8.77. The van der Waals surface area contributed by atoms with Crippen LogP contribution < -0.4 is 10.1 Å². The van der Waals surface area contributed by atoms with Gasteiger partial charge in [-0.15, -0.1) is 0 Å². The first kappa shape index (κ1) is 17.6. The van der Waals surface area contributed by atoms with E-state index in [4.69, 9.17) is 4.74 Å². The molecule has 2 unspecified atom stereocenters. The lowest BCUT2D eigenvalue weighted by molar-refractivity contribution is 0.129. The Morgan fingerprint density at radius 3 is 2.83 bits per heavy atom. The topological polar surface area (TPSA) is 61.8 Å². The summed E-state index contributed by atoms with van der Waals surface area (Å²) in [5.41, 5.74) is 1.24. The van der Waals surface area contributed by atoms with Gasteiger partial charge in [0.15, 0.2) is 0 Å². The van der Waals surface area contributed by atoms with Crippen molar-refractivity contribution in [2.24, 2.45) is 11.8 Å². The monoisotopic (exact) mass is 320 g/mol. The van der Waals surface area contributed by atoms with Crippen LogP contribution in [-0.4, -0.2) is 49.4 Å². The number of hydrogen-bond acceptors (Lipinski definition) is 3. The molecule has 2 rings (SSSR count). The Kier molecular flexibility index (Phi) is 6.71. The minimum atomic E-state index is -0.00951. The molecule has 1 fully saturated rings. The first-order valence-corrected chi connectivity index (χ1v) is 8.39. The highest BCUT2D eigenvalue weighted by atomic mass is 16.5. The molecule has 0 radical (unpaired) electrons. The van der Waals surface area contributed by atoms with Crippen molar-refractivity contribution in [3.63, 3.8) is 0 Å². The molecule has 1 aliphatic heterocycles. The molecule has 23 heavy (non-hydrogen) atoms. The van der Waals surface area contributed by atoms with Gasteiger partial charge in [0.25, 0.3) is 0 Å². The maximum absolute atomic E-state index is 12.2. The number of nitrogens with zero attached hydrogens (tertiary/aromatic N) is 1.